The minimum absolute atomic E-state index is 0.0562. The van der Waals surface area contributed by atoms with Crippen LogP contribution >= 0.6 is 0 Å². The predicted octanol–water partition coefficient (Wildman–Crippen LogP) is 0.791. The summed E-state index contributed by atoms with van der Waals surface area (Å²) in [4.78, 5) is 11.9. The number of benzene rings is 1. The molecule has 1 fully saturated rings. The van der Waals surface area contributed by atoms with Crippen LogP contribution in [0.3, 0.4) is 0 Å². The molecule has 0 unspecified atom stereocenters. The van der Waals surface area contributed by atoms with Crippen LogP contribution in [-0.4, -0.2) is 28.8 Å². The van der Waals surface area contributed by atoms with Gasteiger partial charge in [-0.2, -0.15) is 0 Å². The van der Waals surface area contributed by atoms with Gasteiger partial charge in [0.2, 0.25) is 5.91 Å². The summed E-state index contributed by atoms with van der Waals surface area (Å²) in [5.74, 6) is 2.34. The Kier molecular flexibility index (Phi) is 3.86. The van der Waals surface area contributed by atoms with Gasteiger partial charge in [0.15, 0.2) is 11.5 Å². The van der Waals surface area contributed by atoms with Crippen molar-refractivity contribution in [3.8, 4) is 23.8 Å². The molecule has 1 aromatic rings. The molecule has 0 atom stereocenters. The lowest BCUT2D eigenvalue weighted by Crippen LogP contribution is -2.49. The number of terminal acetylenes is 1. The van der Waals surface area contributed by atoms with Crippen molar-refractivity contribution in [2.45, 2.75) is 25.0 Å². The van der Waals surface area contributed by atoms with E-state index in [1.165, 1.54) is 13.2 Å². The normalized spacial score (nSPS) is 24.4. The van der Waals surface area contributed by atoms with E-state index in [-0.39, 0.29) is 17.6 Å². The highest BCUT2D eigenvalue weighted by Gasteiger charge is 2.44. The third kappa shape index (κ3) is 2.86. The summed E-state index contributed by atoms with van der Waals surface area (Å²) >= 11 is 0. The molecule has 1 saturated carbocycles. The molecule has 5 nitrogen and oxygen atoms in total. The van der Waals surface area contributed by atoms with Gasteiger partial charge in [0, 0.05) is 12.5 Å². The van der Waals surface area contributed by atoms with E-state index in [1.54, 1.807) is 12.1 Å². The van der Waals surface area contributed by atoms with Crippen LogP contribution in [0.25, 0.3) is 0 Å². The van der Waals surface area contributed by atoms with Gasteiger partial charge in [-0.25, -0.2) is 0 Å². The molecule has 3 N–H and O–H groups in total. The number of aliphatic hydroxyl groups is 1. The fourth-order valence-electron chi connectivity index (χ4n) is 2.22. The van der Waals surface area contributed by atoms with E-state index < -0.39 is 5.60 Å². The first-order valence-corrected chi connectivity index (χ1v) is 6.31. The second-order valence-electron chi connectivity index (χ2n) is 5.01. The molecule has 0 radical (unpaired) electrons. The molecule has 1 aromatic carbocycles. The van der Waals surface area contributed by atoms with Crippen LogP contribution in [0.2, 0.25) is 0 Å². The summed E-state index contributed by atoms with van der Waals surface area (Å²) in [5, 5.41) is 21.9. The largest absolute Gasteiger partial charge is 0.504 e. The minimum atomic E-state index is -1.12. The van der Waals surface area contributed by atoms with E-state index in [2.05, 4.69) is 11.2 Å². The quantitative estimate of drug-likeness (QED) is 0.710. The van der Waals surface area contributed by atoms with Gasteiger partial charge in [0.05, 0.1) is 7.11 Å². The van der Waals surface area contributed by atoms with Crippen molar-refractivity contribution in [1.29, 1.82) is 0 Å². The van der Waals surface area contributed by atoms with Crippen molar-refractivity contribution in [3.63, 3.8) is 0 Å². The molecule has 2 rings (SSSR count). The van der Waals surface area contributed by atoms with Crippen molar-refractivity contribution in [1.82, 2.24) is 5.32 Å². The SMILES string of the molecule is C#CC1(O)CC(C(=O)NCc2ccc(O)c(OC)c2)C1. The Morgan fingerprint density at radius 1 is 1.60 bits per heavy atom. The summed E-state index contributed by atoms with van der Waals surface area (Å²) in [6, 6.07) is 4.88. The molecule has 0 aliphatic heterocycles. The lowest BCUT2D eigenvalue weighted by atomic mass is 9.71. The van der Waals surface area contributed by atoms with Crippen LogP contribution in [-0.2, 0) is 11.3 Å². The molecule has 1 aliphatic carbocycles. The van der Waals surface area contributed by atoms with Gasteiger partial charge >= 0.3 is 0 Å². The third-order valence-corrected chi connectivity index (χ3v) is 3.52. The van der Waals surface area contributed by atoms with Gasteiger partial charge in [-0.05, 0) is 30.5 Å². The van der Waals surface area contributed by atoms with Crippen LogP contribution in [0.1, 0.15) is 18.4 Å². The van der Waals surface area contributed by atoms with Gasteiger partial charge in [0.1, 0.15) is 5.60 Å². The number of phenols is 1. The lowest BCUT2D eigenvalue weighted by Gasteiger charge is -2.38. The average Bonchev–Trinajstić information content (AvgIpc) is 2.42. The Morgan fingerprint density at radius 3 is 2.90 bits per heavy atom. The molecular formula is C15H17NO4. The zero-order chi connectivity index (χ0) is 14.8. The van der Waals surface area contributed by atoms with Crippen molar-refractivity contribution >= 4 is 5.91 Å². The molecule has 0 heterocycles. The summed E-state index contributed by atoms with van der Waals surface area (Å²) in [7, 11) is 1.46. The van der Waals surface area contributed by atoms with Gasteiger partial charge in [-0.1, -0.05) is 12.0 Å². The Hall–Kier alpha value is -2.19. The van der Waals surface area contributed by atoms with E-state index in [0.717, 1.165) is 5.56 Å². The topological polar surface area (TPSA) is 78.8 Å². The molecule has 0 bridgehead atoms. The smallest absolute Gasteiger partial charge is 0.223 e. The second kappa shape index (κ2) is 5.43. The van der Waals surface area contributed by atoms with Crippen molar-refractivity contribution in [2.24, 2.45) is 5.92 Å². The highest BCUT2D eigenvalue weighted by Crippen LogP contribution is 2.37. The first kappa shape index (κ1) is 14.2. The predicted molar refractivity (Wildman–Crippen MR) is 73.0 cm³/mol. The Morgan fingerprint density at radius 2 is 2.30 bits per heavy atom. The number of hydrogen-bond donors (Lipinski definition) is 3. The van der Waals surface area contributed by atoms with Gasteiger partial charge in [0.25, 0.3) is 0 Å². The highest BCUT2D eigenvalue weighted by atomic mass is 16.5. The molecule has 0 saturated heterocycles. The molecule has 106 valence electrons. The highest BCUT2D eigenvalue weighted by molar-refractivity contribution is 5.80. The molecule has 1 amide bonds. The van der Waals surface area contributed by atoms with Crippen LogP contribution < -0.4 is 10.1 Å². The molecular weight excluding hydrogens is 258 g/mol. The summed E-state index contributed by atoms with van der Waals surface area (Å²) in [6.45, 7) is 0.334. The summed E-state index contributed by atoms with van der Waals surface area (Å²) in [5.41, 5.74) is -0.302. The number of ether oxygens (including phenoxy) is 1. The summed E-state index contributed by atoms with van der Waals surface area (Å²) < 4.78 is 5.00. The minimum Gasteiger partial charge on any atom is -0.504 e. The van der Waals surface area contributed by atoms with Crippen LogP contribution in [0, 0.1) is 18.3 Å². The Labute approximate surface area is 117 Å². The zero-order valence-corrected chi connectivity index (χ0v) is 11.2. The van der Waals surface area contributed by atoms with Gasteiger partial charge in [-0.15, -0.1) is 6.42 Å². The first-order valence-electron chi connectivity index (χ1n) is 6.31. The monoisotopic (exact) mass is 275 g/mol. The molecule has 20 heavy (non-hydrogen) atoms. The maximum absolute atomic E-state index is 11.9. The number of carbonyl (C=O) groups is 1. The van der Waals surface area contributed by atoms with Gasteiger partial charge < -0.3 is 20.3 Å². The Bertz CT molecular complexity index is 555. The number of amides is 1. The molecule has 0 spiro atoms. The fourth-order valence-corrected chi connectivity index (χ4v) is 2.22. The van der Waals surface area contributed by atoms with Gasteiger partial charge in [-0.3, -0.25) is 4.79 Å². The Balaban J connectivity index is 1.87. The van der Waals surface area contributed by atoms with Crippen LogP contribution in [0.5, 0.6) is 11.5 Å². The van der Waals surface area contributed by atoms with Crippen LogP contribution in [0.4, 0.5) is 0 Å². The third-order valence-electron chi connectivity index (χ3n) is 3.52. The second-order valence-corrected chi connectivity index (χ2v) is 5.01. The van der Waals surface area contributed by atoms with E-state index in [1.807, 2.05) is 0 Å². The van der Waals surface area contributed by atoms with Crippen molar-refractivity contribution in [2.75, 3.05) is 7.11 Å². The van der Waals surface area contributed by atoms with Crippen LogP contribution in [0.15, 0.2) is 18.2 Å². The summed E-state index contributed by atoms with van der Waals surface area (Å²) in [6.07, 6.45) is 5.77. The lowest BCUT2D eigenvalue weighted by molar-refractivity contribution is -0.135. The number of methoxy groups -OCH3 is 1. The number of rotatable bonds is 4. The molecule has 5 heteroatoms. The standard InChI is InChI=1S/C15H17NO4/c1-3-15(19)7-11(8-15)14(18)16-9-10-4-5-12(17)13(6-10)20-2/h1,4-6,11,17,19H,7-9H2,2H3,(H,16,18). The number of nitrogens with one attached hydrogen (secondary N) is 1. The molecule has 1 aliphatic rings. The number of phenolic OH excluding ortho intramolecular Hbond substituents is 1. The maximum Gasteiger partial charge on any atom is 0.223 e. The van der Waals surface area contributed by atoms with E-state index in [0.29, 0.717) is 25.1 Å². The van der Waals surface area contributed by atoms with Crippen molar-refractivity contribution in [3.05, 3.63) is 23.8 Å². The number of aromatic hydroxyl groups is 1. The van der Waals surface area contributed by atoms with E-state index >= 15 is 0 Å². The number of hydrogen-bond acceptors (Lipinski definition) is 4. The average molecular weight is 275 g/mol. The maximum atomic E-state index is 11.9. The zero-order valence-electron chi connectivity index (χ0n) is 11.2. The van der Waals surface area contributed by atoms with E-state index in [9.17, 15) is 15.0 Å². The van der Waals surface area contributed by atoms with E-state index in [4.69, 9.17) is 11.2 Å². The molecule has 0 aromatic heterocycles. The fraction of sp³-hybridized carbons (Fsp3) is 0.400. The first-order chi connectivity index (χ1) is 9.47. The number of carbonyl (C=O) groups excluding carboxylic acids is 1. The van der Waals surface area contributed by atoms with Crippen molar-refractivity contribution < 1.29 is 19.7 Å².